The summed E-state index contributed by atoms with van der Waals surface area (Å²) in [5, 5.41) is 10.3. The summed E-state index contributed by atoms with van der Waals surface area (Å²) in [6.07, 6.45) is 3.17. The number of carbonyl (C=O) groups is 2. The van der Waals surface area contributed by atoms with Crippen LogP contribution in [0.1, 0.15) is 60.3 Å². The topological polar surface area (TPSA) is 72.8 Å². The minimum Gasteiger partial charge on any atom is -0.465 e. The molecule has 22 heavy (non-hydrogen) atoms. The molecule has 0 radical (unpaired) electrons. The average molecular weight is 314 g/mol. The third kappa shape index (κ3) is 7.59. The molecule has 5 heteroatoms. The molecule has 128 valence electrons. The largest absolute Gasteiger partial charge is 0.465 e. The van der Waals surface area contributed by atoms with Crippen LogP contribution < -0.4 is 0 Å². The van der Waals surface area contributed by atoms with Crippen molar-refractivity contribution in [2.75, 3.05) is 6.61 Å². The Balaban J connectivity index is 4.92. The summed E-state index contributed by atoms with van der Waals surface area (Å²) in [5.74, 6) is -1.12. The summed E-state index contributed by atoms with van der Waals surface area (Å²) in [4.78, 5) is 23.0. The molecule has 0 heterocycles. The predicted octanol–water partition coefficient (Wildman–Crippen LogP) is 3.00. The van der Waals surface area contributed by atoms with Crippen molar-refractivity contribution < 1.29 is 24.2 Å². The van der Waals surface area contributed by atoms with Crippen LogP contribution in [-0.2, 0) is 19.1 Å². The second-order valence-electron chi connectivity index (χ2n) is 6.42. The number of hydrogen-bond acceptors (Lipinski definition) is 5. The van der Waals surface area contributed by atoms with Crippen molar-refractivity contribution >= 4 is 11.9 Å². The first-order valence-corrected chi connectivity index (χ1v) is 7.81. The average Bonchev–Trinajstić information content (AvgIpc) is 2.42. The van der Waals surface area contributed by atoms with Gasteiger partial charge in [0.05, 0.1) is 12.2 Å². The molecule has 0 saturated carbocycles. The standard InChI is InChI=1S/C17H30O5/c1-7-10-15(19)21-12-13(16(4,5)20)11-17(6,9-3)22-14(18)8-2/h8,13,20H,2,7,9-12H2,1,3-6H3. The molecule has 2 unspecified atom stereocenters. The van der Waals surface area contributed by atoms with Crippen molar-refractivity contribution in [3.63, 3.8) is 0 Å². The third-order valence-electron chi connectivity index (χ3n) is 3.84. The molecule has 0 bridgehead atoms. The van der Waals surface area contributed by atoms with Crippen LogP contribution in [0.5, 0.6) is 0 Å². The zero-order chi connectivity index (χ0) is 17.4. The quantitative estimate of drug-likeness (QED) is 0.496. The van der Waals surface area contributed by atoms with Crippen molar-refractivity contribution in [3.05, 3.63) is 12.7 Å². The Morgan fingerprint density at radius 3 is 2.27 bits per heavy atom. The lowest BCUT2D eigenvalue weighted by atomic mass is 9.81. The molecular formula is C17H30O5. The first-order chi connectivity index (χ1) is 10.1. The van der Waals surface area contributed by atoms with Crippen molar-refractivity contribution in [1.82, 2.24) is 0 Å². The summed E-state index contributed by atoms with van der Waals surface area (Å²) >= 11 is 0. The second kappa shape index (κ2) is 8.93. The number of esters is 2. The number of hydrogen-bond donors (Lipinski definition) is 1. The molecule has 2 atom stereocenters. The van der Waals surface area contributed by atoms with Crippen LogP contribution in [0.15, 0.2) is 12.7 Å². The van der Waals surface area contributed by atoms with Gasteiger partial charge in [0, 0.05) is 18.4 Å². The lowest BCUT2D eigenvalue weighted by Crippen LogP contribution is -2.42. The molecule has 0 fully saturated rings. The fraction of sp³-hybridized carbons (Fsp3) is 0.765. The van der Waals surface area contributed by atoms with E-state index in [2.05, 4.69) is 6.58 Å². The molecule has 0 aliphatic heterocycles. The Hall–Kier alpha value is -1.36. The summed E-state index contributed by atoms with van der Waals surface area (Å²) in [5.41, 5.74) is -1.80. The van der Waals surface area contributed by atoms with Crippen molar-refractivity contribution in [2.45, 2.75) is 71.5 Å². The Bertz CT molecular complexity index is 383. The first kappa shape index (κ1) is 20.6. The number of ether oxygens (including phenoxy) is 2. The van der Waals surface area contributed by atoms with E-state index in [1.165, 1.54) is 0 Å². The second-order valence-corrected chi connectivity index (χ2v) is 6.42. The Kier molecular flexibility index (Phi) is 8.38. The lowest BCUT2D eigenvalue weighted by molar-refractivity contribution is -0.161. The SMILES string of the molecule is C=CC(=O)OC(C)(CC)CC(COC(=O)CCC)C(C)(C)O. The monoisotopic (exact) mass is 314 g/mol. The lowest BCUT2D eigenvalue weighted by Gasteiger charge is -2.36. The highest BCUT2D eigenvalue weighted by Crippen LogP contribution is 2.31. The normalized spacial score (nSPS) is 15.5. The molecule has 5 nitrogen and oxygen atoms in total. The van der Waals surface area contributed by atoms with E-state index in [-0.39, 0.29) is 18.5 Å². The van der Waals surface area contributed by atoms with E-state index >= 15 is 0 Å². The van der Waals surface area contributed by atoms with Gasteiger partial charge in [-0.15, -0.1) is 0 Å². The van der Waals surface area contributed by atoms with E-state index in [0.717, 1.165) is 12.5 Å². The number of carbonyl (C=O) groups excluding carboxylic acids is 2. The Morgan fingerprint density at radius 1 is 1.27 bits per heavy atom. The van der Waals surface area contributed by atoms with Crippen LogP contribution in [-0.4, -0.2) is 34.9 Å². The zero-order valence-electron chi connectivity index (χ0n) is 14.5. The van der Waals surface area contributed by atoms with Crippen LogP contribution in [0.3, 0.4) is 0 Å². The van der Waals surface area contributed by atoms with Crippen molar-refractivity contribution in [1.29, 1.82) is 0 Å². The van der Waals surface area contributed by atoms with Gasteiger partial charge in [-0.2, -0.15) is 0 Å². The third-order valence-corrected chi connectivity index (χ3v) is 3.84. The van der Waals surface area contributed by atoms with Gasteiger partial charge in [-0.25, -0.2) is 4.79 Å². The number of aliphatic hydroxyl groups is 1. The maximum absolute atomic E-state index is 11.5. The summed E-state index contributed by atoms with van der Waals surface area (Å²) in [6.45, 7) is 12.4. The van der Waals surface area contributed by atoms with Gasteiger partial charge in [-0.05, 0) is 40.0 Å². The Labute approximate surface area is 133 Å². The van der Waals surface area contributed by atoms with Gasteiger partial charge < -0.3 is 14.6 Å². The van der Waals surface area contributed by atoms with Crippen LogP contribution in [0, 0.1) is 5.92 Å². The predicted molar refractivity (Wildman–Crippen MR) is 85.3 cm³/mol. The Morgan fingerprint density at radius 2 is 1.86 bits per heavy atom. The maximum atomic E-state index is 11.5. The van der Waals surface area contributed by atoms with E-state index in [4.69, 9.17) is 9.47 Å². The fourth-order valence-corrected chi connectivity index (χ4v) is 2.05. The summed E-state index contributed by atoms with van der Waals surface area (Å²) in [6, 6.07) is 0. The smallest absolute Gasteiger partial charge is 0.330 e. The van der Waals surface area contributed by atoms with Crippen molar-refractivity contribution in [3.8, 4) is 0 Å². The molecule has 0 aromatic carbocycles. The molecule has 0 amide bonds. The van der Waals surface area contributed by atoms with E-state index < -0.39 is 17.2 Å². The van der Waals surface area contributed by atoms with Gasteiger partial charge in [-0.3, -0.25) is 4.79 Å². The molecule has 0 aromatic heterocycles. The molecule has 0 rings (SSSR count). The molecule has 0 spiro atoms. The highest BCUT2D eigenvalue weighted by Gasteiger charge is 2.37. The van der Waals surface area contributed by atoms with Gasteiger partial charge in [-0.1, -0.05) is 20.4 Å². The van der Waals surface area contributed by atoms with E-state index in [9.17, 15) is 14.7 Å². The van der Waals surface area contributed by atoms with E-state index in [1.807, 2.05) is 13.8 Å². The molecule has 0 aromatic rings. The van der Waals surface area contributed by atoms with Crippen LogP contribution in [0.4, 0.5) is 0 Å². The summed E-state index contributed by atoms with van der Waals surface area (Å²) < 4.78 is 10.6. The highest BCUT2D eigenvalue weighted by atomic mass is 16.6. The van der Waals surface area contributed by atoms with Crippen LogP contribution in [0.25, 0.3) is 0 Å². The molecule has 0 saturated heterocycles. The van der Waals surface area contributed by atoms with Crippen molar-refractivity contribution in [2.24, 2.45) is 5.92 Å². The zero-order valence-corrected chi connectivity index (χ0v) is 14.5. The van der Waals surface area contributed by atoms with Gasteiger partial charge in [0.2, 0.25) is 0 Å². The molecular weight excluding hydrogens is 284 g/mol. The summed E-state index contributed by atoms with van der Waals surface area (Å²) in [7, 11) is 0. The minimum atomic E-state index is -1.05. The van der Waals surface area contributed by atoms with E-state index in [0.29, 0.717) is 19.3 Å². The van der Waals surface area contributed by atoms with Gasteiger partial charge in [0.1, 0.15) is 5.60 Å². The molecule has 0 aliphatic rings. The fourth-order valence-electron chi connectivity index (χ4n) is 2.05. The maximum Gasteiger partial charge on any atom is 0.330 e. The molecule has 0 aliphatic carbocycles. The van der Waals surface area contributed by atoms with Gasteiger partial charge in [0.25, 0.3) is 0 Å². The van der Waals surface area contributed by atoms with Crippen LogP contribution in [0.2, 0.25) is 0 Å². The van der Waals surface area contributed by atoms with Gasteiger partial charge in [0.15, 0.2) is 0 Å². The first-order valence-electron chi connectivity index (χ1n) is 7.81. The number of rotatable bonds is 10. The minimum absolute atomic E-state index is 0.101. The van der Waals surface area contributed by atoms with E-state index in [1.54, 1.807) is 20.8 Å². The highest BCUT2D eigenvalue weighted by molar-refractivity contribution is 5.81. The van der Waals surface area contributed by atoms with Crippen LogP contribution >= 0.6 is 0 Å². The van der Waals surface area contributed by atoms with Gasteiger partial charge >= 0.3 is 11.9 Å². The molecule has 1 N–H and O–H groups in total.